The molecule has 2 aromatic rings. The van der Waals surface area contributed by atoms with Crippen LogP contribution in [0.3, 0.4) is 0 Å². The molecule has 2 N–H and O–H groups in total. The van der Waals surface area contributed by atoms with Gasteiger partial charge in [0.25, 0.3) is 0 Å². The van der Waals surface area contributed by atoms with Gasteiger partial charge in [0.1, 0.15) is 0 Å². The minimum Gasteiger partial charge on any atom is -0.477 e. The van der Waals surface area contributed by atoms with Crippen molar-refractivity contribution in [2.24, 2.45) is 5.73 Å². The van der Waals surface area contributed by atoms with Crippen molar-refractivity contribution in [3.63, 3.8) is 0 Å². The highest BCUT2D eigenvalue weighted by molar-refractivity contribution is 5.38. The number of rotatable bonds is 8. The Morgan fingerprint density at radius 1 is 1.24 bits per heavy atom. The summed E-state index contributed by atoms with van der Waals surface area (Å²) in [4.78, 5) is 15.0. The molecule has 0 saturated carbocycles. The molecule has 0 spiro atoms. The molecule has 0 amide bonds. The first-order chi connectivity index (χ1) is 10.3. The van der Waals surface area contributed by atoms with Crippen molar-refractivity contribution in [3.8, 4) is 5.88 Å². The van der Waals surface area contributed by atoms with Crippen molar-refractivity contribution in [1.82, 2.24) is 15.0 Å². The van der Waals surface area contributed by atoms with Gasteiger partial charge >= 0.3 is 0 Å². The van der Waals surface area contributed by atoms with Gasteiger partial charge in [0, 0.05) is 25.5 Å². The van der Waals surface area contributed by atoms with E-state index in [9.17, 15) is 0 Å². The van der Waals surface area contributed by atoms with Crippen molar-refractivity contribution in [1.29, 1.82) is 0 Å². The predicted molar refractivity (Wildman–Crippen MR) is 82.2 cm³/mol. The molecule has 0 aliphatic rings. The highest BCUT2D eigenvalue weighted by Crippen LogP contribution is 2.17. The second-order valence-electron chi connectivity index (χ2n) is 4.57. The van der Waals surface area contributed by atoms with E-state index in [1.165, 1.54) is 0 Å². The number of nitrogens with zero attached hydrogens (tertiary/aromatic N) is 4. The van der Waals surface area contributed by atoms with Crippen LogP contribution in [0.4, 0.5) is 5.82 Å². The lowest BCUT2D eigenvalue weighted by atomic mass is 10.2. The smallest absolute Gasteiger partial charge is 0.234 e. The Bertz CT molecular complexity index is 535. The lowest BCUT2D eigenvalue weighted by molar-refractivity contribution is 0.325. The minimum atomic E-state index is 0.541. The van der Waals surface area contributed by atoms with E-state index in [0.717, 1.165) is 30.9 Å². The molecule has 0 aliphatic carbocycles. The standard InChI is InChI=1S/C15H21N5O/c1-2-21-15-11-18-10-14(19-15)20(8-4-6-16)12-13-5-3-7-17-9-13/h3,5,7,9-11H,2,4,6,8,12,16H2,1H3. The van der Waals surface area contributed by atoms with E-state index >= 15 is 0 Å². The molecule has 0 bridgehead atoms. The van der Waals surface area contributed by atoms with Crippen molar-refractivity contribution in [2.45, 2.75) is 19.9 Å². The van der Waals surface area contributed by atoms with Crippen LogP contribution >= 0.6 is 0 Å². The van der Waals surface area contributed by atoms with Crippen molar-refractivity contribution in [3.05, 3.63) is 42.5 Å². The lowest BCUT2D eigenvalue weighted by Gasteiger charge is -2.23. The van der Waals surface area contributed by atoms with E-state index in [-0.39, 0.29) is 0 Å². The Morgan fingerprint density at radius 2 is 2.14 bits per heavy atom. The molecule has 0 unspecified atom stereocenters. The van der Waals surface area contributed by atoms with Crippen LogP contribution in [0.15, 0.2) is 36.9 Å². The van der Waals surface area contributed by atoms with E-state index < -0.39 is 0 Å². The zero-order chi connectivity index (χ0) is 14.9. The number of ether oxygens (including phenoxy) is 1. The predicted octanol–water partition coefficient (Wildman–Crippen LogP) is 1.63. The number of pyridine rings is 1. The summed E-state index contributed by atoms with van der Waals surface area (Å²) in [7, 11) is 0. The zero-order valence-electron chi connectivity index (χ0n) is 12.3. The fourth-order valence-electron chi connectivity index (χ4n) is 1.98. The molecule has 112 valence electrons. The minimum absolute atomic E-state index is 0.541. The van der Waals surface area contributed by atoms with Gasteiger partial charge in [-0.25, -0.2) is 0 Å². The Hall–Kier alpha value is -2.21. The Kier molecular flexibility index (Phi) is 5.90. The molecule has 0 aromatic carbocycles. The fraction of sp³-hybridized carbons (Fsp3) is 0.400. The van der Waals surface area contributed by atoms with Gasteiger partial charge in [0.2, 0.25) is 5.88 Å². The fourth-order valence-corrected chi connectivity index (χ4v) is 1.98. The summed E-state index contributed by atoms with van der Waals surface area (Å²) in [5.74, 6) is 1.33. The monoisotopic (exact) mass is 287 g/mol. The third-order valence-electron chi connectivity index (χ3n) is 2.94. The van der Waals surface area contributed by atoms with Gasteiger partial charge in [0.15, 0.2) is 5.82 Å². The average molecular weight is 287 g/mol. The van der Waals surface area contributed by atoms with Gasteiger partial charge < -0.3 is 15.4 Å². The molecular weight excluding hydrogens is 266 g/mol. The average Bonchev–Trinajstić information content (AvgIpc) is 2.53. The van der Waals surface area contributed by atoms with Gasteiger partial charge in [-0.05, 0) is 31.5 Å². The number of hydrogen-bond acceptors (Lipinski definition) is 6. The summed E-state index contributed by atoms with van der Waals surface area (Å²) in [5, 5.41) is 0. The summed E-state index contributed by atoms with van der Waals surface area (Å²) in [6, 6.07) is 3.97. The van der Waals surface area contributed by atoms with Gasteiger partial charge in [-0.1, -0.05) is 6.07 Å². The summed E-state index contributed by atoms with van der Waals surface area (Å²) in [6.45, 7) is 4.68. The van der Waals surface area contributed by atoms with Crippen LogP contribution in [0.5, 0.6) is 5.88 Å². The summed E-state index contributed by atoms with van der Waals surface area (Å²) in [5.41, 5.74) is 6.75. The Labute approximate surface area is 125 Å². The molecular formula is C15H21N5O. The number of aromatic nitrogens is 3. The molecule has 21 heavy (non-hydrogen) atoms. The van der Waals surface area contributed by atoms with Gasteiger partial charge in [0.05, 0.1) is 19.0 Å². The maximum absolute atomic E-state index is 5.63. The van der Waals surface area contributed by atoms with E-state index in [1.807, 2.05) is 25.3 Å². The normalized spacial score (nSPS) is 10.4. The first-order valence-electron chi connectivity index (χ1n) is 7.12. The van der Waals surface area contributed by atoms with Crippen LogP contribution in [0.1, 0.15) is 18.9 Å². The third kappa shape index (κ3) is 4.68. The first kappa shape index (κ1) is 15.2. The van der Waals surface area contributed by atoms with E-state index in [1.54, 1.807) is 18.6 Å². The number of nitrogens with two attached hydrogens (primary N) is 1. The second-order valence-corrected chi connectivity index (χ2v) is 4.57. The number of hydrogen-bond donors (Lipinski definition) is 1. The number of anilines is 1. The maximum atomic E-state index is 5.63. The molecule has 2 aromatic heterocycles. The summed E-state index contributed by atoms with van der Waals surface area (Å²) >= 11 is 0. The van der Waals surface area contributed by atoms with Crippen LogP contribution in [-0.2, 0) is 6.54 Å². The van der Waals surface area contributed by atoms with Crippen LogP contribution in [0.2, 0.25) is 0 Å². The molecule has 6 nitrogen and oxygen atoms in total. The summed E-state index contributed by atoms with van der Waals surface area (Å²) < 4.78 is 5.41. The molecule has 6 heteroatoms. The van der Waals surface area contributed by atoms with Gasteiger partial charge in [-0.15, -0.1) is 0 Å². The Balaban J connectivity index is 2.16. The Morgan fingerprint density at radius 3 is 2.86 bits per heavy atom. The van der Waals surface area contributed by atoms with E-state index in [4.69, 9.17) is 10.5 Å². The van der Waals surface area contributed by atoms with Gasteiger partial charge in [-0.2, -0.15) is 4.98 Å². The highest BCUT2D eigenvalue weighted by Gasteiger charge is 2.10. The van der Waals surface area contributed by atoms with E-state index in [2.05, 4.69) is 19.9 Å². The molecule has 0 fully saturated rings. The van der Waals surface area contributed by atoms with Crippen molar-refractivity contribution < 1.29 is 4.74 Å². The van der Waals surface area contributed by atoms with Crippen LogP contribution in [-0.4, -0.2) is 34.6 Å². The van der Waals surface area contributed by atoms with Crippen molar-refractivity contribution >= 4 is 5.82 Å². The molecule has 0 atom stereocenters. The topological polar surface area (TPSA) is 77.2 Å². The molecule has 0 aliphatic heterocycles. The van der Waals surface area contributed by atoms with Crippen LogP contribution < -0.4 is 15.4 Å². The van der Waals surface area contributed by atoms with Crippen LogP contribution in [0.25, 0.3) is 0 Å². The third-order valence-corrected chi connectivity index (χ3v) is 2.94. The highest BCUT2D eigenvalue weighted by atomic mass is 16.5. The molecule has 0 radical (unpaired) electrons. The maximum Gasteiger partial charge on any atom is 0.234 e. The molecule has 2 rings (SSSR count). The second kappa shape index (κ2) is 8.16. The molecule has 0 saturated heterocycles. The SMILES string of the molecule is CCOc1cncc(N(CCCN)Cc2cccnc2)n1. The lowest BCUT2D eigenvalue weighted by Crippen LogP contribution is -2.26. The van der Waals surface area contributed by atoms with E-state index in [0.29, 0.717) is 19.0 Å². The van der Waals surface area contributed by atoms with Gasteiger partial charge in [-0.3, -0.25) is 9.97 Å². The van der Waals surface area contributed by atoms with Crippen molar-refractivity contribution in [2.75, 3.05) is 24.6 Å². The summed E-state index contributed by atoms with van der Waals surface area (Å²) in [6.07, 6.45) is 7.88. The first-order valence-corrected chi connectivity index (χ1v) is 7.12. The largest absolute Gasteiger partial charge is 0.477 e. The quantitative estimate of drug-likeness (QED) is 0.795. The van der Waals surface area contributed by atoms with Crippen LogP contribution in [0, 0.1) is 0 Å². The zero-order valence-corrected chi connectivity index (χ0v) is 12.3. The molecule has 2 heterocycles.